The lowest BCUT2D eigenvalue weighted by Gasteiger charge is -2.20. The minimum absolute atomic E-state index is 0.0146. The Morgan fingerprint density at radius 1 is 0.722 bits per heavy atom. The highest BCUT2D eigenvalue weighted by molar-refractivity contribution is 8.24. The zero-order chi connectivity index (χ0) is 25.7. The molecule has 4 rings (SSSR count). The van der Waals surface area contributed by atoms with Crippen LogP contribution in [0.25, 0.3) is 11.1 Å². The number of hydrogen-bond donors (Lipinski definition) is 0. The molecule has 0 radical (unpaired) electrons. The maximum absolute atomic E-state index is 11.7. The number of thioether (sulfide) groups is 6. The number of hydrogen-bond acceptors (Lipinski definition) is 8. The normalized spacial score (nSPS) is 19.6. The molecule has 2 atom stereocenters. The van der Waals surface area contributed by atoms with Crippen molar-refractivity contribution in [3.63, 3.8) is 0 Å². The molecule has 0 saturated carbocycles. The summed E-state index contributed by atoms with van der Waals surface area (Å²) in [7, 11) is 0. The van der Waals surface area contributed by atoms with Crippen LogP contribution in [0, 0.1) is 0 Å². The van der Waals surface area contributed by atoms with Crippen molar-refractivity contribution < 1.29 is 9.59 Å². The molecule has 2 aliphatic heterocycles. The lowest BCUT2D eigenvalue weighted by molar-refractivity contribution is -0.107. The van der Waals surface area contributed by atoms with Gasteiger partial charge in [-0.25, -0.2) is 0 Å². The van der Waals surface area contributed by atoms with Gasteiger partial charge in [0.25, 0.3) is 0 Å². The van der Waals surface area contributed by atoms with Crippen LogP contribution in [0.1, 0.15) is 34.1 Å². The van der Waals surface area contributed by atoms with Gasteiger partial charge in [0.2, 0.25) is 10.2 Å². The molecule has 0 aliphatic carbocycles. The first-order valence-corrected chi connectivity index (χ1v) is 16.7. The summed E-state index contributed by atoms with van der Waals surface area (Å²) >= 11 is 10.1. The Bertz CT molecular complexity index is 1160. The molecule has 8 heteroatoms. The first-order valence-electron chi connectivity index (χ1n) is 11.2. The minimum Gasteiger partial charge on any atom is -0.282 e. The van der Waals surface area contributed by atoms with Gasteiger partial charge < -0.3 is 0 Å². The van der Waals surface area contributed by atoms with E-state index < -0.39 is 0 Å². The van der Waals surface area contributed by atoms with E-state index in [-0.39, 0.29) is 19.4 Å². The SMILES string of the molecule is C=CC(=O)SCC1=C(C)SC(c2ccccc2-c2ccccc2C2SC(C)=C(CSC(=O)C=C)S2)S1. The van der Waals surface area contributed by atoms with Gasteiger partial charge in [0, 0.05) is 21.3 Å². The van der Waals surface area contributed by atoms with Crippen LogP contribution in [0.2, 0.25) is 0 Å². The molecule has 0 amide bonds. The van der Waals surface area contributed by atoms with E-state index in [4.69, 9.17) is 0 Å². The maximum Gasteiger partial charge on any atom is 0.211 e. The zero-order valence-corrected chi connectivity index (χ0v) is 24.9. The number of carbonyl (C=O) groups excluding carboxylic acids is 2. The van der Waals surface area contributed by atoms with Crippen LogP contribution < -0.4 is 0 Å². The van der Waals surface area contributed by atoms with Gasteiger partial charge in [-0.05, 0) is 58.1 Å². The van der Waals surface area contributed by atoms with E-state index in [1.807, 2.05) is 47.0 Å². The number of rotatable bonds is 9. The van der Waals surface area contributed by atoms with Gasteiger partial charge in [-0.1, -0.05) is 85.2 Å². The summed E-state index contributed by atoms with van der Waals surface area (Å²) in [5.74, 6) is 1.39. The van der Waals surface area contributed by atoms with Gasteiger partial charge in [-0.15, -0.1) is 47.0 Å². The van der Waals surface area contributed by atoms with Crippen molar-refractivity contribution in [3.8, 4) is 11.1 Å². The maximum atomic E-state index is 11.7. The van der Waals surface area contributed by atoms with Gasteiger partial charge in [-0.2, -0.15) is 0 Å². The smallest absolute Gasteiger partial charge is 0.211 e. The summed E-state index contributed by atoms with van der Waals surface area (Å²) in [6.07, 6.45) is 2.77. The molecule has 2 nitrogen and oxygen atoms in total. The van der Waals surface area contributed by atoms with Crippen molar-refractivity contribution in [2.45, 2.75) is 23.0 Å². The summed E-state index contributed by atoms with van der Waals surface area (Å²) in [5.41, 5.74) is 5.12. The van der Waals surface area contributed by atoms with Crippen LogP contribution >= 0.6 is 70.6 Å². The summed E-state index contributed by atoms with van der Waals surface area (Å²) in [6.45, 7) is 11.5. The van der Waals surface area contributed by atoms with Gasteiger partial charge in [0.15, 0.2) is 0 Å². The number of carbonyl (C=O) groups is 2. The number of benzene rings is 2. The molecular formula is C28H26O2S6. The van der Waals surface area contributed by atoms with Crippen molar-refractivity contribution in [2.75, 3.05) is 11.5 Å². The van der Waals surface area contributed by atoms with Crippen LogP contribution in [0.3, 0.4) is 0 Å². The van der Waals surface area contributed by atoms with Gasteiger partial charge in [0.05, 0.1) is 9.16 Å². The molecule has 0 spiro atoms. The first kappa shape index (κ1) is 27.9. The molecule has 2 aromatic rings. The van der Waals surface area contributed by atoms with E-state index in [9.17, 15) is 9.59 Å². The minimum atomic E-state index is 0.0146. The lowest BCUT2D eigenvalue weighted by atomic mass is 9.96. The lowest BCUT2D eigenvalue weighted by Crippen LogP contribution is -1.96. The van der Waals surface area contributed by atoms with E-state index in [0.717, 1.165) is 0 Å². The largest absolute Gasteiger partial charge is 0.282 e. The van der Waals surface area contributed by atoms with Crippen LogP contribution in [0.4, 0.5) is 0 Å². The van der Waals surface area contributed by atoms with Gasteiger partial charge in [0.1, 0.15) is 0 Å². The molecule has 0 aromatic heterocycles. The van der Waals surface area contributed by atoms with E-state index in [2.05, 4.69) is 75.5 Å². The van der Waals surface area contributed by atoms with Crippen molar-refractivity contribution >= 4 is 80.8 Å². The molecular weight excluding hydrogens is 561 g/mol. The Morgan fingerprint density at radius 3 is 1.50 bits per heavy atom. The predicted molar refractivity (Wildman–Crippen MR) is 168 cm³/mol. The van der Waals surface area contributed by atoms with E-state index in [1.54, 1.807) is 0 Å². The van der Waals surface area contributed by atoms with E-state index in [0.29, 0.717) is 11.5 Å². The second-order valence-electron chi connectivity index (χ2n) is 7.89. The Hall–Kier alpha value is -1.16. The van der Waals surface area contributed by atoms with Crippen molar-refractivity contribution in [2.24, 2.45) is 0 Å². The molecule has 0 bridgehead atoms. The number of allylic oxidation sites excluding steroid dienone is 2. The van der Waals surface area contributed by atoms with Crippen LogP contribution in [-0.2, 0) is 9.59 Å². The molecule has 2 unspecified atom stereocenters. The summed E-state index contributed by atoms with van der Waals surface area (Å²) in [6, 6.07) is 17.4. The monoisotopic (exact) mass is 586 g/mol. The fraction of sp³-hybridized carbons (Fsp3) is 0.214. The second-order valence-corrected chi connectivity index (χ2v) is 15.5. The first-order chi connectivity index (χ1) is 17.4. The van der Waals surface area contributed by atoms with E-state index >= 15 is 0 Å². The van der Waals surface area contributed by atoms with Gasteiger partial charge in [-0.3, -0.25) is 9.59 Å². The van der Waals surface area contributed by atoms with Gasteiger partial charge >= 0.3 is 0 Å². The Kier molecular flexibility index (Phi) is 10.1. The van der Waals surface area contributed by atoms with Crippen LogP contribution in [-0.4, -0.2) is 21.7 Å². The average Bonchev–Trinajstić information content (AvgIpc) is 3.47. The van der Waals surface area contributed by atoms with Crippen LogP contribution in [0.15, 0.2) is 93.5 Å². The fourth-order valence-electron chi connectivity index (χ4n) is 3.74. The standard InChI is InChI=1S/C28H26O2S6/c1-5-25(29)31-15-23-17(3)33-27(35-23)21-13-9-7-11-19(21)20-12-8-10-14-22(20)28-34-18(4)24(36-28)16-32-26(30)6-2/h5-14,27-28H,1-2,15-16H2,3-4H3. The molecule has 186 valence electrons. The molecule has 2 aliphatic rings. The third kappa shape index (κ3) is 6.63. The predicted octanol–water partition coefficient (Wildman–Crippen LogP) is 9.67. The molecule has 36 heavy (non-hydrogen) atoms. The Morgan fingerprint density at radius 2 is 1.11 bits per heavy atom. The van der Waals surface area contributed by atoms with Crippen molar-refractivity contribution in [1.82, 2.24) is 0 Å². The molecule has 0 N–H and O–H groups in total. The highest BCUT2D eigenvalue weighted by atomic mass is 32.2. The quantitative estimate of drug-likeness (QED) is 0.269. The summed E-state index contributed by atoms with van der Waals surface area (Å²) in [5, 5.41) is 0.0292. The fourth-order valence-corrected chi connectivity index (χ4v) is 11.8. The Labute approximate surface area is 239 Å². The second kappa shape index (κ2) is 13.1. The molecule has 0 fully saturated rings. The average molecular weight is 587 g/mol. The third-order valence-corrected chi connectivity index (χ3v) is 13.7. The molecule has 0 saturated heterocycles. The summed E-state index contributed by atoms with van der Waals surface area (Å²) in [4.78, 5) is 28.6. The van der Waals surface area contributed by atoms with Crippen LogP contribution in [0.5, 0.6) is 0 Å². The zero-order valence-electron chi connectivity index (χ0n) is 20.0. The Balaban J connectivity index is 1.56. The summed E-state index contributed by atoms with van der Waals surface area (Å²) < 4.78 is 0.508. The molecule has 2 heterocycles. The van der Waals surface area contributed by atoms with E-state index in [1.165, 1.54) is 77.6 Å². The highest BCUT2D eigenvalue weighted by Gasteiger charge is 2.30. The third-order valence-electron chi connectivity index (χ3n) is 5.60. The van der Waals surface area contributed by atoms with Crippen molar-refractivity contribution in [3.05, 3.63) is 105 Å². The van der Waals surface area contributed by atoms with Crippen molar-refractivity contribution in [1.29, 1.82) is 0 Å². The highest BCUT2D eigenvalue weighted by Crippen LogP contribution is 2.60. The molecule has 2 aromatic carbocycles. The topological polar surface area (TPSA) is 34.1 Å².